The molecule has 0 saturated carbocycles. The van der Waals surface area contributed by atoms with Crippen LogP contribution in [0.1, 0.15) is 130 Å². The summed E-state index contributed by atoms with van der Waals surface area (Å²) >= 11 is 0. The zero-order valence-corrected chi connectivity index (χ0v) is 19.2. The molecule has 3 heteroatoms. The van der Waals surface area contributed by atoms with E-state index in [-0.39, 0.29) is 0 Å². The maximum atomic E-state index is 12.7. The first-order valence-corrected chi connectivity index (χ1v) is 12.3. The summed E-state index contributed by atoms with van der Waals surface area (Å²) in [6, 6.07) is 0. The van der Waals surface area contributed by atoms with Crippen LogP contribution in [-0.2, 0) is 4.79 Å². The van der Waals surface area contributed by atoms with E-state index in [0.29, 0.717) is 5.91 Å². The van der Waals surface area contributed by atoms with Gasteiger partial charge in [-0.1, -0.05) is 97.8 Å². The SMILES string of the molecule is CCCCCCCCCCCCCC(=O)N(CC)N(CCCC)CCCC. The molecule has 0 fully saturated rings. The van der Waals surface area contributed by atoms with E-state index in [1.165, 1.54) is 89.9 Å². The molecule has 0 aliphatic heterocycles. The first kappa shape index (κ1) is 26.4. The average molecular weight is 383 g/mol. The Kier molecular flexibility index (Phi) is 19.7. The number of carbonyl (C=O) groups excluding carboxylic acids is 1. The van der Waals surface area contributed by atoms with Crippen molar-refractivity contribution in [1.29, 1.82) is 0 Å². The van der Waals surface area contributed by atoms with Gasteiger partial charge in [0.2, 0.25) is 5.91 Å². The van der Waals surface area contributed by atoms with E-state index < -0.39 is 0 Å². The predicted octanol–water partition coefficient (Wildman–Crippen LogP) is 7.35. The van der Waals surface area contributed by atoms with Crippen LogP contribution in [-0.4, -0.2) is 35.6 Å². The third kappa shape index (κ3) is 15.1. The highest BCUT2D eigenvalue weighted by atomic mass is 16.2. The zero-order chi connectivity index (χ0) is 20.2. The largest absolute Gasteiger partial charge is 0.276 e. The van der Waals surface area contributed by atoms with Crippen molar-refractivity contribution in [2.24, 2.45) is 0 Å². The third-order valence-electron chi connectivity index (χ3n) is 5.46. The lowest BCUT2D eigenvalue weighted by Crippen LogP contribution is -2.47. The number of hydrogen-bond donors (Lipinski definition) is 0. The number of unbranched alkanes of at least 4 members (excludes halogenated alkanes) is 12. The van der Waals surface area contributed by atoms with Gasteiger partial charge in [-0.25, -0.2) is 5.01 Å². The molecule has 0 aliphatic rings. The summed E-state index contributed by atoms with van der Waals surface area (Å²) < 4.78 is 0. The highest BCUT2D eigenvalue weighted by Gasteiger charge is 2.18. The van der Waals surface area contributed by atoms with Gasteiger partial charge in [-0.15, -0.1) is 0 Å². The molecule has 0 spiro atoms. The molecule has 0 N–H and O–H groups in total. The molecular formula is C24H50N2O. The van der Waals surface area contributed by atoms with Crippen molar-refractivity contribution in [2.45, 2.75) is 130 Å². The average Bonchev–Trinajstić information content (AvgIpc) is 2.68. The minimum Gasteiger partial charge on any atom is -0.276 e. The molecule has 1 amide bonds. The molecule has 0 heterocycles. The fraction of sp³-hybridized carbons (Fsp3) is 0.958. The molecule has 0 radical (unpaired) electrons. The van der Waals surface area contributed by atoms with Crippen LogP contribution in [0.15, 0.2) is 0 Å². The molecule has 162 valence electrons. The molecule has 0 aromatic heterocycles. The van der Waals surface area contributed by atoms with E-state index in [9.17, 15) is 4.79 Å². The molecule has 0 bridgehead atoms. The highest BCUT2D eigenvalue weighted by Crippen LogP contribution is 2.13. The van der Waals surface area contributed by atoms with Crippen molar-refractivity contribution in [3.8, 4) is 0 Å². The van der Waals surface area contributed by atoms with Gasteiger partial charge in [0.05, 0.1) is 0 Å². The first-order chi connectivity index (χ1) is 13.2. The Balaban J connectivity index is 3.88. The zero-order valence-electron chi connectivity index (χ0n) is 19.2. The molecule has 0 saturated heterocycles. The van der Waals surface area contributed by atoms with Crippen LogP contribution in [0.5, 0.6) is 0 Å². The van der Waals surface area contributed by atoms with E-state index in [2.05, 4.69) is 32.7 Å². The summed E-state index contributed by atoms with van der Waals surface area (Å²) in [5.41, 5.74) is 0. The summed E-state index contributed by atoms with van der Waals surface area (Å²) in [6.45, 7) is 11.7. The summed E-state index contributed by atoms with van der Waals surface area (Å²) in [4.78, 5) is 12.7. The summed E-state index contributed by atoms with van der Waals surface area (Å²) in [7, 11) is 0. The molecule has 3 nitrogen and oxygen atoms in total. The second-order valence-electron chi connectivity index (χ2n) is 8.06. The van der Waals surface area contributed by atoms with Gasteiger partial charge in [-0.05, 0) is 26.2 Å². The van der Waals surface area contributed by atoms with Crippen LogP contribution in [0.2, 0.25) is 0 Å². The lowest BCUT2D eigenvalue weighted by molar-refractivity contribution is -0.149. The monoisotopic (exact) mass is 382 g/mol. The van der Waals surface area contributed by atoms with Crippen LogP contribution < -0.4 is 0 Å². The van der Waals surface area contributed by atoms with Gasteiger partial charge >= 0.3 is 0 Å². The molecule has 0 unspecified atom stereocenters. The Morgan fingerprint density at radius 2 is 0.963 bits per heavy atom. The van der Waals surface area contributed by atoms with E-state index in [4.69, 9.17) is 0 Å². The van der Waals surface area contributed by atoms with Crippen LogP contribution in [0.25, 0.3) is 0 Å². The van der Waals surface area contributed by atoms with Crippen molar-refractivity contribution in [2.75, 3.05) is 19.6 Å². The molecule has 0 aromatic rings. The Hall–Kier alpha value is -0.570. The van der Waals surface area contributed by atoms with E-state index in [1.54, 1.807) is 0 Å². The van der Waals surface area contributed by atoms with Gasteiger partial charge < -0.3 is 0 Å². The fourth-order valence-electron chi connectivity index (χ4n) is 3.64. The van der Waals surface area contributed by atoms with Crippen molar-refractivity contribution in [3.63, 3.8) is 0 Å². The smallest absolute Gasteiger partial charge is 0.236 e. The molecular weight excluding hydrogens is 332 g/mol. The summed E-state index contributed by atoms with van der Waals surface area (Å²) in [5.74, 6) is 0.334. The number of amides is 1. The highest BCUT2D eigenvalue weighted by molar-refractivity contribution is 5.75. The van der Waals surface area contributed by atoms with Crippen molar-refractivity contribution >= 4 is 5.91 Å². The number of rotatable bonds is 20. The van der Waals surface area contributed by atoms with Crippen LogP contribution in [0.4, 0.5) is 0 Å². The second kappa shape index (κ2) is 20.2. The van der Waals surface area contributed by atoms with Gasteiger partial charge in [0.25, 0.3) is 0 Å². The maximum Gasteiger partial charge on any atom is 0.236 e. The van der Waals surface area contributed by atoms with Crippen molar-refractivity contribution in [3.05, 3.63) is 0 Å². The topological polar surface area (TPSA) is 23.6 Å². The Labute approximate surface area is 171 Å². The normalized spacial score (nSPS) is 11.3. The van der Waals surface area contributed by atoms with Crippen LogP contribution in [0.3, 0.4) is 0 Å². The number of hydrogen-bond acceptors (Lipinski definition) is 2. The van der Waals surface area contributed by atoms with Gasteiger partial charge in [0.15, 0.2) is 0 Å². The standard InChI is InChI=1S/C24H50N2O/c1-5-9-12-13-14-15-16-17-18-19-20-21-24(27)26(8-4)25(22-10-6-2)23-11-7-3/h5-23H2,1-4H3. The van der Waals surface area contributed by atoms with Crippen LogP contribution in [0, 0.1) is 0 Å². The summed E-state index contributed by atoms with van der Waals surface area (Å²) in [5, 5.41) is 4.34. The number of carbonyl (C=O) groups is 1. The molecule has 0 aliphatic carbocycles. The first-order valence-electron chi connectivity index (χ1n) is 12.3. The summed E-state index contributed by atoms with van der Waals surface area (Å²) in [6.07, 6.45) is 20.1. The quantitative estimate of drug-likeness (QED) is 0.162. The van der Waals surface area contributed by atoms with E-state index in [0.717, 1.165) is 32.5 Å². The predicted molar refractivity (Wildman–Crippen MR) is 120 cm³/mol. The fourth-order valence-corrected chi connectivity index (χ4v) is 3.64. The van der Waals surface area contributed by atoms with Crippen molar-refractivity contribution in [1.82, 2.24) is 10.0 Å². The molecule has 0 atom stereocenters. The van der Waals surface area contributed by atoms with Gasteiger partial charge in [0, 0.05) is 26.1 Å². The minimum atomic E-state index is 0.334. The van der Waals surface area contributed by atoms with Gasteiger partial charge in [0.1, 0.15) is 0 Å². The molecule has 0 rings (SSSR count). The minimum absolute atomic E-state index is 0.334. The number of hydrazine groups is 1. The molecule has 0 aromatic carbocycles. The maximum absolute atomic E-state index is 12.7. The van der Waals surface area contributed by atoms with E-state index >= 15 is 0 Å². The molecule has 27 heavy (non-hydrogen) atoms. The third-order valence-corrected chi connectivity index (χ3v) is 5.46. The lowest BCUT2D eigenvalue weighted by Gasteiger charge is -2.34. The lowest BCUT2D eigenvalue weighted by atomic mass is 10.1. The Morgan fingerprint density at radius 3 is 1.37 bits per heavy atom. The van der Waals surface area contributed by atoms with Gasteiger partial charge in [-0.3, -0.25) is 9.80 Å². The Morgan fingerprint density at radius 1 is 0.556 bits per heavy atom. The van der Waals surface area contributed by atoms with Crippen LogP contribution >= 0.6 is 0 Å². The Bertz CT molecular complexity index is 312. The van der Waals surface area contributed by atoms with E-state index in [1.807, 2.05) is 5.01 Å². The van der Waals surface area contributed by atoms with Crippen molar-refractivity contribution < 1.29 is 4.79 Å². The second-order valence-corrected chi connectivity index (χ2v) is 8.06. The van der Waals surface area contributed by atoms with Gasteiger partial charge in [-0.2, -0.15) is 0 Å². The number of nitrogens with zero attached hydrogens (tertiary/aromatic N) is 2.